The molecular formula is C6H11INO2-. The molecule has 3 nitrogen and oxygen atoms in total. The summed E-state index contributed by atoms with van der Waals surface area (Å²) in [6.07, 6.45) is 2.07. The predicted molar refractivity (Wildman–Crippen MR) is 31.9 cm³/mol. The fourth-order valence-electron chi connectivity index (χ4n) is 1.29. The van der Waals surface area contributed by atoms with Crippen LogP contribution in [0.3, 0.4) is 0 Å². The standard InChI is InChI=1S/C6H11INO2/c1-3-8-4-2-6(1)9-5-7-10-6/h8H,1-5H2/q-1. The van der Waals surface area contributed by atoms with Gasteiger partial charge in [0.1, 0.15) is 0 Å². The van der Waals surface area contributed by atoms with E-state index in [4.69, 9.17) is 7.80 Å². The van der Waals surface area contributed by atoms with Crippen LogP contribution in [0.25, 0.3) is 0 Å². The van der Waals surface area contributed by atoms with Gasteiger partial charge in [0.2, 0.25) is 0 Å². The molecule has 2 aliphatic heterocycles. The normalized spacial score (nSPS) is 32.0. The second-order valence-corrected chi connectivity index (χ2v) is 4.29. The fourth-order valence-corrected chi connectivity index (χ4v) is 3.25. The zero-order valence-electron chi connectivity index (χ0n) is 5.73. The topological polar surface area (TPSA) is 30.5 Å². The number of rotatable bonds is 0. The summed E-state index contributed by atoms with van der Waals surface area (Å²) in [5.41, 5.74) is 0. The molecule has 2 saturated heterocycles. The Morgan fingerprint density at radius 1 is 1.30 bits per heavy atom. The van der Waals surface area contributed by atoms with Gasteiger partial charge < -0.3 is 0 Å². The molecule has 2 heterocycles. The van der Waals surface area contributed by atoms with Crippen LogP contribution in [-0.2, 0) is 7.80 Å². The molecule has 0 aromatic carbocycles. The van der Waals surface area contributed by atoms with E-state index in [0.29, 0.717) is 0 Å². The van der Waals surface area contributed by atoms with Crippen molar-refractivity contribution in [2.24, 2.45) is 0 Å². The number of hydrogen-bond acceptors (Lipinski definition) is 3. The molecule has 60 valence electrons. The van der Waals surface area contributed by atoms with Crippen LogP contribution < -0.4 is 26.9 Å². The van der Waals surface area contributed by atoms with Crippen molar-refractivity contribution in [1.82, 2.24) is 5.32 Å². The molecule has 0 unspecified atom stereocenters. The maximum atomic E-state index is 5.63. The first-order valence-electron chi connectivity index (χ1n) is 3.53. The number of halogens is 1. The van der Waals surface area contributed by atoms with E-state index < -0.39 is 0 Å². The van der Waals surface area contributed by atoms with Gasteiger partial charge in [-0.25, -0.2) is 0 Å². The van der Waals surface area contributed by atoms with Crippen LogP contribution >= 0.6 is 0 Å². The van der Waals surface area contributed by atoms with Gasteiger partial charge >= 0.3 is 71.1 Å². The summed E-state index contributed by atoms with van der Waals surface area (Å²) in [6, 6.07) is 0. The first-order valence-corrected chi connectivity index (χ1v) is 5.94. The van der Waals surface area contributed by atoms with Crippen molar-refractivity contribution in [3.8, 4) is 0 Å². The van der Waals surface area contributed by atoms with Crippen molar-refractivity contribution in [1.29, 1.82) is 0 Å². The molecule has 1 spiro atoms. The van der Waals surface area contributed by atoms with E-state index in [1.165, 1.54) is 0 Å². The Morgan fingerprint density at radius 3 is 2.70 bits per heavy atom. The Labute approximate surface area is 71.3 Å². The first-order chi connectivity index (χ1) is 4.91. The van der Waals surface area contributed by atoms with Crippen molar-refractivity contribution in [2.75, 3.05) is 17.7 Å². The van der Waals surface area contributed by atoms with Crippen molar-refractivity contribution in [3.63, 3.8) is 0 Å². The van der Waals surface area contributed by atoms with Crippen molar-refractivity contribution < 1.29 is 29.4 Å². The zero-order valence-corrected chi connectivity index (χ0v) is 7.89. The van der Waals surface area contributed by atoms with E-state index in [9.17, 15) is 0 Å². The zero-order chi connectivity index (χ0) is 6.86. The van der Waals surface area contributed by atoms with Gasteiger partial charge in [-0.1, -0.05) is 0 Å². The Morgan fingerprint density at radius 2 is 2.10 bits per heavy atom. The third-order valence-corrected chi connectivity index (χ3v) is 3.60. The molecule has 0 amide bonds. The number of ether oxygens (including phenoxy) is 1. The van der Waals surface area contributed by atoms with Gasteiger partial charge in [0.25, 0.3) is 0 Å². The molecule has 2 aliphatic rings. The molecule has 0 bridgehead atoms. The van der Waals surface area contributed by atoms with E-state index in [1.54, 1.807) is 0 Å². The summed E-state index contributed by atoms with van der Waals surface area (Å²) in [4.78, 5) is 0. The van der Waals surface area contributed by atoms with Crippen molar-refractivity contribution >= 4 is 0 Å². The summed E-state index contributed by atoms with van der Waals surface area (Å²) in [5, 5.41) is 3.29. The van der Waals surface area contributed by atoms with Gasteiger partial charge in [0, 0.05) is 0 Å². The number of alkyl halides is 1. The molecule has 0 aliphatic carbocycles. The monoisotopic (exact) mass is 256 g/mol. The average Bonchev–Trinajstić information content (AvgIpc) is 2.39. The fraction of sp³-hybridized carbons (Fsp3) is 1.00. The predicted octanol–water partition coefficient (Wildman–Crippen LogP) is -2.93. The van der Waals surface area contributed by atoms with E-state index in [0.717, 1.165) is 30.5 Å². The number of hydrogen-bond donors (Lipinski definition) is 1. The van der Waals surface area contributed by atoms with Gasteiger partial charge in [-0.05, 0) is 0 Å². The molecule has 2 fully saturated rings. The Balaban J connectivity index is 1.98. The van der Waals surface area contributed by atoms with Crippen LogP contribution in [0.1, 0.15) is 12.8 Å². The van der Waals surface area contributed by atoms with Crippen LogP contribution in [0.2, 0.25) is 0 Å². The molecule has 4 heteroatoms. The van der Waals surface area contributed by atoms with Crippen LogP contribution in [-0.4, -0.2) is 23.5 Å². The van der Waals surface area contributed by atoms with Crippen LogP contribution in [0.5, 0.6) is 0 Å². The van der Waals surface area contributed by atoms with Gasteiger partial charge in [-0.3, -0.25) is 0 Å². The SMILES string of the molecule is C1CC2(CCN1)OC[I-]O2. The molecular weight excluding hydrogens is 245 g/mol. The molecule has 0 aromatic rings. The van der Waals surface area contributed by atoms with E-state index in [2.05, 4.69) is 5.32 Å². The Hall–Kier alpha value is 0.610. The van der Waals surface area contributed by atoms with E-state index in [1.807, 2.05) is 0 Å². The maximum absolute atomic E-state index is 5.63. The van der Waals surface area contributed by atoms with Crippen LogP contribution in [0, 0.1) is 0 Å². The number of piperidine rings is 1. The minimum absolute atomic E-state index is 0.0824. The molecule has 0 radical (unpaired) electrons. The van der Waals surface area contributed by atoms with Crippen LogP contribution in [0.4, 0.5) is 0 Å². The van der Waals surface area contributed by atoms with Crippen molar-refractivity contribution in [2.45, 2.75) is 18.6 Å². The summed E-state index contributed by atoms with van der Waals surface area (Å²) >= 11 is -0.0824. The van der Waals surface area contributed by atoms with Gasteiger partial charge in [-0.15, -0.1) is 0 Å². The summed E-state index contributed by atoms with van der Waals surface area (Å²) in [5.74, 6) is -0.140. The first kappa shape index (κ1) is 7.27. The molecule has 0 saturated carbocycles. The van der Waals surface area contributed by atoms with E-state index in [-0.39, 0.29) is 27.4 Å². The molecule has 0 aromatic heterocycles. The summed E-state index contributed by atoms with van der Waals surface area (Å²) in [7, 11) is 0. The molecule has 2 rings (SSSR count). The van der Waals surface area contributed by atoms with Crippen LogP contribution in [0.15, 0.2) is 0 Å². The van der Waals surface area contributed by atoms with Crippen molar-refractivity contribution in [3.05, 3.63) is 0 Å². The Kier molecular flexibility index (Phi) is 2.13. The third-order valence-electron chi connectivity index (χ3n) is 1.92. The Bertz CT molecular complexity index is 117. The minimum atomic E-state index is -0.140. The van der Waals surface area contributed by atoms with Gasteiger partial charge in [0.15, 0.2) is 0 Å². The third kappa shape index (κ3) is 1.30. The summed E-state index contributed by atoms with van der Waals surface area (Å²) < 4.78 is 12.1. The number of nitrogens with one attached hydrogen (secondary N) is 1. The quantitative estimate of drug-likeness (QED) is 0.372. The second-order valence-electron chi connectivity index (χ2n) is 2.60. The molecule has 10 heavy (non-hydrogen) atoms. The van der Waals surface area contributed by atoms with Gasteiger partial charge in [-0.2, -0.15) is 0 Å². The second kappa shape index (κ2) is 2.92. The summed E-state index contributed by atoms with van der Waals surface area (Å²) in [6.45, 7) is 2.09. The molecule has 1 N–H and O–H groups in total. The van der Waals surface area contributed by atoms with E-state index >= 15 is 0 Å². The molecule has 0 atom stereocenters. The average molecular weight is 256 g/mol. The van der Waals surface area contributed by atoms with Gasteiger partial charge in [0.05, 0.1) is 0 Å².